The van der Waals surface area contributed by atoms with Gasteiger partial charge in [-0.3, -0.25) is 14.1 Å². The van der Waals surface area contributed by atoms with Gasteiger partial charge in [0.05, 0.1) is 5.69 Å². The summed E-state index contributed by atoms with van der Waals surface area (Å²) in [5.74, 6) is 0.0967. The molecule has 0 aliphatic carbocycles. The van der Waals surface area contributed by atoms with Crippen LogP contribution in [0.3, 0.4) is 0 Å². The predicted molar refractivity (Wildman–Crippen MR) is 117 cm³/mol. The summed E-state index contributed by atoms with van der Waals surface area (Å²) in [5.41, 5.74) is 4.80. The van der Waals surface area contributed by atoms with Crippen molar-refractivity contribution in [2.45, 2.75) is 20.3 Å². The second-order valence-corrected chi connectivity index (χ2v) is 7.60. The van der Waals surface area contributed by atoms with Gasteiger partial charge in [-0.2, -0.15) is 0 Å². The number of hydrogen-bond acceptors (Lipinski definition) is 3. The third-order valence-corrected chi connectivity index (χ3v) is 5.51. The van der Waals surface area contributed by atoms with Crippen LogP contribution in [0.1, 0.15) is 34.2 Å². The number of imidazole rings is 1. The molecule has 3 aromatic rings. The summed E-state index contributed by atoms with van der Waals surface area (Å²) >= 11 is 0. The lowest BCUT2D eigenvalue weighted by molar-refractivity contribution is 0.0642. The molecule has 5 heteroatoms. The zero-order chi connectivity index (χ0) is 20.2. The summed E-state index contributed by atoms with van der Waals surface area (Å²) in [5, 5.41) is 0. The van der Waals surface area contributed by atoms with Crippen molar-refractivity contribution in [2.24, 2.45) is 0 Å². The molecule has 1 aromatic carbocycles. The van der Waals surface area contributed by atoms with Crippen LogP contribution in [0, 0.1) is 6.92 Å². The van der Waals surface area contributed by atoms with Crippen molar-refractivity contribution in [3.05, 3.63) is 77.3 Å². The summed E-state index contributed by atoms with van der Waals surface area (Å²) < 4.78 is 1.96. The molecule has 0 unspecified atom stereocenters. The molecule has 3 heterocycles. The van der Waals surface area contributed by atoms with Crippen LogP contribution in [0.15, 0.2) is 54.7 Å². The first-order valence-electron chi connectivity index (χ1n) is 10.4. The molecule has 29 heavy (non-hydrogen) atoms. The maximum absolute atomic E-state index is 13.3. The summed E-state index contributed by atoms with van der Waals surface area (Å²) in [6.45, 7) is 8.29. The van der Waals surface area contributed by atoms with Gasteiger partial charge in [0.1, 0.15) is 11.3 Å². The smallest absolute Gasteiger partial charge is 0.272 e. The Morgan fingerprint density at radius 3 is 2.55 bits per heavy atom. The Kier molecular flexibility index (Phi) is 5.76. The number of aromatic nitrogens is 2. The highest BCUT2D eigenvalue weighted by atomic mass is 16.2. The highest BCUT2D eigenvalue weighted by Crippen LogP contribution is 2.18. The first kappa shape index (κ1) is 19.4. The van der Waals surface area contributed by atoms with Crippen molar-refractivity contribution in [2.75, 3.05) is 32.7 Å². The zero-order valence-corrected chi connectivity index (χ0v) is 17.2. The van der Waals surface area contributed by atoms with E-state index in [4.69, 9.17) is 0 Å². The lowest BCUT2D eigenvalue weighted by atomic mass is 10.2. The Bertz CT molecular complexity index is 1010. The number of amides is 1. The van der Waals surface area contributed by atoms with E-state index in [9.17, 15) is 4.79 Å². The van der Waals surface area contributed by atoms with Crippen LogP contribution in [0.25, 0.3) is 11.7 Å². The molecule has 0 saturated carbocycles. The van der Waals surface area contributed by atoms with Crippen molar-refractivity contribution >= 4 is 17.6 Å². The van der Waals surface area contributed by atoms with E-state index in [0.717, 1.165) is 61.7 Å². The Morgan fingerprint density at radius 1 is 1.07 bits per heavy atom. The number of nitrogens with zero attached hydrogens (tertiary/aromatic N) is 4. The molecule has 1 amide bonds. The van der Waals surface area contributed by atoms with Crippen molar-refractivity contribution in [1.82, 2.24) is 19.2 Å². The molecule has 1 fully saturated rings. The molecule has 1 saturated heterocycles. The van der Waals surface area contributed by atoms with Crippen LogP contribution in [0.4, 0.5) is 0 Å². The van der Waals surface area contributed by atoms with Crippen molar-refractivity contribution < 1.29 is 4.79 Å². The summed E-state index contributed by atoms with van der Waals surface area (Å²) in [6.07, 6.45) is 7.13. The van der Waals surface area contributed by atoms with Crippen molar-refractivity contribution in [3.63, 3.8) is 0 Å². The van der Waals surface area contributed by atoms with Crippen molar-refractivity contribution in [3.8, 4) is 0 Å². The first-order chi connectivity index (χ1) is 14.2. The fourth-order valence-corrected chi connectivity index (χ4v) is 3.86. The second kappa shape index (κ2) is 8.62. The van der Waals surface area contributed by atoms with Crippen LogP contribution in [0.2, 0.25) is 0 Å². The van der Waals surface area contributed by atoms with Crippen LogP contribution in [0.5, 0.6) is 0 Å². The van der Waals surface area contributed by atoms with Gasteiger partial charge in [-0.25, -0.2) is 4.98 Å². The molecule has 0 radical (unpaired) electrons. The number of carbonyl (C=O) groups excluding carboxylic acids is 1. The molecule has 1 aliphatic heterocycles. The highest BCUT2D eigenvalue weighted by Gasteiger charge is 2.26. The fourth-order valence-electron chi connectivity index (χ4n) is 3.86. The largest absolute Gasteiger partial charge is 0.335 e. The maximum atomic E-state index is 13.3. The van der Waals surface area contributed by atoms with Gasteiger partial charge in [0, 0.05) is 38.9 Å². The van der Waals surface area contributed by atoms with Gasteiger partial charge >= 0.3 is 0 Å². The van der Waals surface area contributed by atoms with Crippen LogP contribution >= 0.6 is 0 Å². The van der Waals surface area contributed by atoms with E-state index < -0.39 is 0 Å². The van der Waals surface area contributed by atoms with E-state index in [2.05, 4.69) is 53.2 Å². The van der Waals surface area contributed by atoms with Crippen LogP contribution in [-0.4, -0.2) is 57.8 Å². The van der Waals surface area contributed by atoms with Crippen LogP contribution < -0.4 is 0 Å². The van der Waals surface area contributed by atoms with E-state index >= 15 is 0 Å². The number of piperazine rings is 1. The minimum atomic E-state index is 0.0967. The molecule has 1 aliphatic rings. The molecule has 0 N–H and O–H groups in total. The molecule has 0 spiro atoms. The molecule has 2 aromatic heterocycles. The lowest BCUT2D eigenvalue weighted by Gasteiger charge is -2.34. The molecule has 150 valence electrons. The number of benzene rings is 1. The topological polar surface area (TPSA) is 40.9 Å². The molecular formula is C24H28N4O. The van der Waals surface area contributed by atoms with Gasteiger partial charge in [0.25, 0.3) is 5.91 Å². The van der Waals surface area contributed by atoms with Gasteiger partial charge in [-0.05, 0) is 30.5 Å². The third-order valence-electron chi connectivity index (χ3n) is 5.51. The molecular weight excluding hydrogens is 360 g/mol. The first-order valence-corrected chi connectivity index (χ1v) is 10.4. The normalized spacial score (nSPS) is 15.4. The van der Waals surface area contributed by atoms with Gasteiger partial charge in [0.2, 0.25) is 0 Å². The average molecular weight is 389 g/mol. The van der Waals surface area contributed by atoms with E-state index in [1.54, 1.807) is 0 Å². The minimum absolute atomic E-state index is 0.0967. The monoisotopic (exact) mass is 388 g/mol. The Labute approximate surface area is 172 Å². The fraction of sp³-hybridized carbons (Fsp3) is 0.333. The Morgan fingerprint density at radius 2 is 1.83 bits per heavy atom. The summed E-state index contributed by atoms with van der Waals surface area (Å²) in [6, 6.07) is 14.4. The van der Waals surface area contributed by atoms with Crippen LogP contribution in [-0.2, 0) is 6.42 Å². The predicted octanol–water partition coefficient (Wildman–Crippen LogP) is 3.68. The minimum Gasteiger partial charge on any atom is -0.335 e. The van der Waals surface area contributed by atoms with Gasteiger partial charge in [0.15, 0.2) is 0 Å². The van der Waals surface area contributed by atoms with E-state index in [1.807, 2.05) is 40.6 Å². The molecule has 0 atom stereocenters. The number of carbonyl (C=O) groups is 1. The summed E-state index contributed by atoms with van der Waals surface area (Å²) in [4.78, 5) is 22.3. The highest BCUT2D eigenvalue weighted by molar-refractivity contribution is 5.95. The average Bonchev–Trinajstić information content (AvgIpc) is 3.12. The van der Waals surface area contributed by atoms with E-state index in [-0.39, 0.29) is 5.91 Å². The van der Waals surface area contributed by atoms with Gasteiger partial charge < -0.3 is 4.90 Å². The van der Waals surface area contributed by atoms with E-state index in [0.29, 0.717) is 0 Å². The Balaban J connectivity index is 1.41. The maximum Gasteiger partial charge on any atom is 0.272 e. The number of hydrogen-bond donors (Lipinski definition) is 0. The number of pyridine rings is 1. The number of fused-ring (bicyclic) bond motifs is 1. The molecule has 4 rings (SSSR count). The summed E-state index contributed by atoms with van der Waals surface area (Å²) in [7, 11) is 0. The SMILES string of the molecule is CCc1nc2ccc(C)cn2c1C(=O)N1CCN(C/C=C/c2ccccc2)CC1. The van der Waals surface area contributed by atoms with Gasteiger partial charge in [-0.1, -0.05) is 55.5 Å². The Hall–Kier alpha value is -2.92. The van der Waals surface area contributed by atoms with Crippen molar-refractivity contribution in [1.29, 1.82) is 0 Å². The quantitative estimate of drug-likeness (QED) is 0.670. The zero-order valence-electron chi connectivity index (χ0n) is 17.2. The molecule has 5 nitrogen and oxygen atoms in total. The third kappa shape index (κ3) is 4.25. The van der Waals surface area contributed by atoms with E-state index in [1.165, 1.54) is 5.56 Å². The lowest BCUT2D eigenvalue weighted by Crippen LogP contribution is -2.49. The molecule has 0 bridgehead atoms. The standard InChI is InChI=1S/C24H28N4O/c1-3-21-23(28-18-19(2)11-12-22(28)25-21)24(29)27-16-14-26(15-17-27)13-7-10-20-8-5-4-6-9-20/h4-12,18H,3,13-17H2,1-2H3/b10-7+. The van der Waals surface area contributed by atoms with Gasteiger partial charge in [-0.15, -0.1) is 0 Å². The second-order valence-electron chi connectivity index (χ2n) is 7.60. The number of aryl methyl sites for hydroxylation is 2. The number of rotatable bonds is 5.